The first kappa shape index (κ1) is 17.5. The Morgan fingerprint density at radius 2 is 2.13 bits per heavy atom. The number of carbonyl (C=O) groups excluding carboxylic acids is 2. The summed E-state index contributed by atoms with van der Waals surface area (Å²) in [4.78, 5) is 47.9. The molecule has 1 aromatic heterocycles. The Labute approximate surface area is 136 Å². The summed E-state index contributed by atoms with van der Waals surface area (Å²) in [6.45, 7) is 4.31. The summed E-state index contributed by atoms with van der Waals surface area (Å²) in [6, 6.07) is 0. The number of carbonyl (C=O) groups is 2. The third-order valence-electron chi connectivity index (χ3n) is 3.40. The van der Waals surface area contributed by atoms with Gasteiger partial charge in [-0.25, -0.2) is 4.79 Å². The molecular formula is C14H18N2O6S. The minimum Gasteiger partial charge on any atom is -0.460 e. The van der Waals surface area contributed by atoms with E-state index in [0.29, 0.717) is 11.3 Å². The Bertz CT molecular complexity index is 725. The van der Waals surface area contributed by atoms with Gasteiger partial charge in [-0.2, -0.15) is 0 Å². The average molecular weight is 342 g/mol. The SMILES string of the molecule is CC(=O)OC1CC(n2cc(C)c(=O)[nH]c2=O)OC1CSC(C)=O. The predicted octanol–water partition coefficient (Wildman–Crippen LogP) is 0.344. The zero-order valence-corrected chi connectivity index (χ0v) is 13.8. The first-order chi connectivity index (χ1) is 10.8. The van der Waals surface area contributed by atoms with Crippen molar-refractivity contribution >= 4 is 22.8 Å². The predicted molar refractivity (Wildman–Crippen MR) is 83.3 cm³/mol. The number of hydrogen-bond acceptors (Lipinski definition) is 7. The van der Waals surface area contributed by atoms with Gasteiger partial charge >= 0.3 is 11.7 Å². The Kier molecular flexibility index (Phi) is 5.42. The lowest BCUT2D eigenvalue weighted by Gasteiger charge is -2.17. The van der Waals surface area contributed by atoms with Gasteiger partial charge < -0.3 is 9.47 Å². The molecule has 23 heavy (non-hydrogen) atoms. The highest BCUT2D eigenvalue weighted by atomic mass is 32.2. The first-order valence-corrected chi connectivity index (χ1v) is 8.04. The lowest BCUT2D eigenvalue weighted by Crippen LogP contribution is -2.33. The second-order valence-corrected chi connectivity index (χ2v) is 6.49. The Hall–Kier alpha value is -1.87. The van der Waals surface area contributed by atoms with E-state index >= 15 is 0 Å². The van der Waals surface area contributed by atoms with E-state index in [1.54, 1.807) is 6.92 Å². The number of H-pyrrole nitrogens is 1. The summed E-state index contributed by atoms with van der Waals surface area (Å²) in [5, 5.41) is -0.0734. The van der Waals surface area contributed by atoms with Crippen LogP contribution in [-0.2, 0) is 19.1 Å². The van der Waals surface area contributed by atoms with Crippen molar-refractivity contribution in [1.29, 1.82) is 0 Å². The van der Waals surface area contributed by atoms with E-state index < -0.39 is 35.7 Å². The van der Waals surface area contributed by atoms with Gasteiger partial charge in [0.25, 0.3) is 5.56 Å². The number of esters is 1. The van der Waals surface area contributed by atoms with Crippen molar-refractivity contribution < 1.29 is 19.1 Å². The Balaban J connectivity index is 2.23. The van der Waals surface area contributed by atoms with Crippen molar-refractivity contribution in [3.05, 3.63) is 32.6 Å². The van der Waals surface area contributed by atoms with Crippen LogP contribution >= 0.6 is 11.8 Å². The van der Waals surface area contributed by atoms with E-state index in [9.17, 15) is 19.2 Å². The Morgan fingerprint density at radius 1 is 1.43 bits per heavy atom. The quantitative estimate of drug-likeness (QED) is 0.786. The van der Waals surface area contributed by atoms with Crippen LogP contribution in [0.3, 0.4) is 0 Å². The fraction of sp³-hybridized carbons (Fsp3) is 0.571. The van der Waals surface area contributed by atoms with Crippen LogP contribution < -0.4 is 11.2 Å². The van der Waals surface area contributed by atoms with Crippen LogP contribution in [0.25, 0.3) is 0 Å². The number of aromatic amines is 1. The summed E-state index contributed by atoms with van der Waals surface area (Å²) >= 11 is 1.07. The fourth-order valence-corrected chi connectivity index (χ4v) is 3.05. The standard InChI is InChI=1S/C14H18N2O6S/c1-7-5-16(14(20)15-13(7)19)12-4-10(21-8(2)17)11(22-12)6-23-9(3)18/h5,10-12H,4,6H2,1-3H3,(H,15,19,20). The van der Waals surface area contributed by atoms with E-state index in [-0.39, 0.29) is 11.5 Å². The first-order valence-electron chi connectivity index (χ1n) is 7.06. The van der Waals surface area contributed by atoms with Crippen LogP contribution in [0, 0.1) is 6.92 Å². The van der Waals surface area contributed by atoms with Crippen LogP contribution in [0.15, 0.2) is 15.8 Å². The second kappa shape index (κ2) is 7.14. The molecule has 0 radical (unpaired) electrons. The molecule has 1 saturated heterocycles. The number of hydrogen-bond donors (Lipinski definition) is 1. The van der Waals surface area contributed by atoms with Crippen molar-refractivity contribution in [3.63, 3.8) is 0 Å². The topological polar surface area (TPSA) is 107 Å². The molecule has 1 fully saturated rings. The number of aryl methyl sites for hydroxylation is 1. The van der Waals surface area contributed by atoms with Gasteiger partial charge in [-0.1, -0.05) is 11.8 Å². The molecule has 2 heterocycles. The third kappa shape index (κ3) is 4.32. The van der Waals surface area contributed by atoms with Crippen molar-refractivity contribution in [1.82, 2.24) is 9.55 Å². The second-order valence-electron chi connectivity index (χ2n) is 5.29. The highest BCUT2D eigenvalue weighted by molar-refractivity contribution is 8.13. The van der Waals surface area contributed by atoms with Crippen LogP contribution in [-0.4, -0.2) is 38.6 Å². The average Bonchev–Trinajstić information content (AvgIpc) is 2.82. The van der Waals surface area contributed by atoms with Crippen LogP contribution in [0.5, 0.6) is 0 Å². The van der Waals surface area contributed by atoms with E-state index in [0.717, 1.165) is 11.8 Å². The molecule has 126 valence electrons. The minimum atomic E-state index is -0.667. The third-order valence-corrected chi connectivity index (χ3v) is 4.31. The maximum Gasteiger partial charge on any atom is 0.330 e. The van der Waals surface area contributed by atoms with Crippen molar-refractivity contribution in [2.45, 2.75) is 45.6 Å². The summed E-state index contributed by atoms with van der Waals surface area (Å²) in [7, 11) is 0. The van der Waals surface area contributed by atoms with Gasteiger partial charge in [0.05, 0.1) is 0 Å². The van der Waals surface area contributed by atoms with E-state index in [1.807, 2.05) is 0 Å². The molecule has 3 atom stereocenters. The lowest BCUT2D eigenvalue weighted by molar-refractivity contribution is -0.148. The summed E-state index contributed by atoms with van der Waals surface area (Å²) < 4.78 is 12.3. The molecule has 1 aliphatic rings. The van der Waals surface area contributed by atoms with E-state index in [1.165, 1.54) is 24.6 Å². The highest BCUT2D eigenvalue weighted by Crippen LogP contribution is 2.32. The summed E-state index contributed by atoms with van der Waals surface area (Å²) in [5.41, 5.74) is -0.671. The molecule has 1 N–H and O–H groups in total. The molecule has 0 bridgehead atoms. The largest absolute Gasteiger partial charge is 0.460 e. The fourth-order valence-electron chi connectivity index (χ4n) is 2.36. The molecule has 0 aliphatic carbocycles. The zero-order valence-electron chi connectivity index (χ0n) is 13.0. The van der Waals surface area contributed by atoms with Gasteiger partial charge in [-0.05, 0) is 6.92 Å². The minimum absolute atomic E-state index is 0.0734. The summed E-state index contributed by atoms with van der Waals surface area (Å²) in [6.07, 6.45) is -0.0361. The van der Waals surface area contributed by atoms with Crippen LogP contribution in [0.2, 0.25) is 0 Å². The van der Waals surface area contributed by atoms with E-state index in [2.05, 4.69) is 4.98 Å². The number of nitrogens with one attached hydrogen (secondary N) is 1. The van der Waals surface area contributed by atoms with Crippen LogP contribution in [0.4, 0.5) is 0 Å². The maximum atomic E-state index is 11.9. The molecular weight excluding hydrogens is 324 g/mol. The normalized spacial score (nSPS) is 23.7. The molecule has 0 aromatic carbocycles. The number of thioether (sulfide) groups is 1. The van der Waals surface area contributed by atoms with Crippen LogP contribution in [0.1, 0.15) is 32.1 Å². The molecule has 3 unspecified atom stereocenters. The van der Waals surface area contributed by atoms with Crippen molar-refractivity contribution in [2.24, 2.45) is 0 Å². The molecule has 0 amide bonds. The number of nitrogens with zero attached hydrogens (tertiary/aromatic N) is 1. The summed E-state index contributed by atoms with van der Waals surface area (Å²) in [5.74, 6) is -0.136. The van der Waals surface area contributed by atoms with E-state index in [4.69, 9.17) is 9.47 Å². The van der Waals surface area contributed by atoms with Crippen molar-refractivity contribution in [2.75, 3.05) is 5.75 Å². The molecule has 2 rings (SSSR count). The monoisotopic (exact) mass is 342 g/mol. The molecule has 1 aliphatic heterocycles. The molecule has 9 heteroatoms. The number of rotatable bonds is 4. The molecule has 0 saturated carbocycles. The van der Waals surface area contributed by atoms with Gasteiger partial charge in [-0.3, -0.25) is 23.9 Å². The Morgan fingerprint density at radius 3 is 2.74 bits per heavy atom. The highest BCUT2D eigenvalue weighted by Gasteiger charge is 2.39. The smallest absolute Gasteiger partial charge is 0.330 e. The number of ether oxygens (including phenoxy) is 2. The van der Waals surface area contributed by atoms with Gasteiger partial charge in [-0.15, -0.1) is 0 Å². The zero-order chi connectivity index (χ0) is 17.1. The lowest BCUT2D eigenvalue weighted by atomic mass is 10.2. The maximum absolute atomic E-state index is 11.9. The van der Waals surface area contributed by atoms with Gasteiger partial charge in [0.15, 0.2) is 5.12 Å². The molecule has 1 aromatic rings. The number of aromatic nitrogens is 2. The van der Waals surface area contributed by atoms with Gasteiger partial charge in [0, 0.05) is 37.8 Å². The van der Waals surface area contributed by atoms with Gasteiger partial charge in [0.1, 0.15) is 18.4 Å². The molecule has 0 spiro atoms. The van der Waals surface area contributed by atoms with Crippen molar-refractivity contribution in [3.8, 4) is 0 Å². The molecule has 8 nitrogen and oxygen atoms in total. The van der Waals surface area contributed by atoms with Gasteiger partial charge in [0.2, 0.25) is 0 Å².